The van der Waals surface area contributed by atoms with Crippen molar-refractivity contribution in [3.8, 4) is 0 Å². The SMILES string of the molecule is C[C@@H]1C(=O)OCC[C@H]1C1O[C@H](C)[C@@H](C)O1. The Morgan fingerprint density at radius 2 is 1.73 bits per heavy atom. The Bertz CT molecular complexity index is 243. The molecule has 2 aliphatic heterocycles. The Labute approximate surface area is 89.9 Å². The highest BCUT2D eigenvalue weighted by Gasteiger charge is 2.42. The minimum absolute atomic E-state index is 0.111. The average Bonchev–Trinajstić information content (AvgIpc) is 2.51. The van der Waals surface area contributed by atoms with Crippen molar-refractivity contribution < 1.29 is 19.0 Å². The summed E-state index contributed by atoms with van der Waals surface area (Å²) in [6.45, 7) is 6.36. The van der Waals surface area contributed by atoms with Gasteiger partial charge in [-0.05, 0) is 20.3 Å². The van der Waals surface area contributed by atoms with E-state index in [1.807, 2.05) is 20.8 Å². The van der Waals surface area contributed by atoms with Crippen LogP contribution in [0.15, 0.2) is 0 Å². The van der Waals surface area contributed by atoms with E-state index in [0.717, 1.165) is 6.42 Å². The first kappa shape index (κ1) is 10.9. The molecule has 2 saturated heterocycles. The van der Waals surface area contributed by atoms with Crippen molar-refractivity contribution in [2.45, 2.75) is 45.7 Å². The highest BCUT2D eigenvalue weighted by molar-refractivity contribution is 5.73. The Balaban J connectivity index is 2.01. The monoisotopic (exact) mass is 214 g/mol. The molecule has 2 heterocycles. The molecule has 0 spiro atoms. The highest BCUT2D eigenvalue weighted by atomic mass is 16.7. The topological polar surface area (TPSA) is 44.8 Å². The lowest BCUT2D eigenvalue weighted by Crippen LogP contribution is -2.38. The molecule has 0 bridgehead atoms. The standard InChI is InChI=1S/C11H18O4/c1-6-9(4-5-13-10(6)12)11-14-7(2)8(3)15-11/h6-9,11H,4-5H2,1-3H3/t6-,7+,8+,9+/m0/s1. The van der Waals surface area contributed by atoms with Gasteiger partial charge in [0.2, 0.25) is 0 Å². The van der Waals surface area contributed by atoms with Crippen molar-refractivity contribution in [2.24, 2.45) is 11.8 Å². The normalized spacial score (nSPS) is 43.0. The molecule has 0 N–H and O–H groups in total. The van der Waals surface area contributed by atoms with Gasteiger partial charge >= 0.3 is 5.97 Å². The molecule has 0 aromatic rings. The van der Waals surface area contributed by atoms with Gasteiger partial charge in [-0.15, -0.1) is 0 Å². The van der Waals surface area contributed by atoms with Gasteiger partial charge in [0.25, 0.3) is 0 Å². The summed E-state index contributed by atoms with van der Waals surface area (Å²) in [7, 11) is 0. The van der Waals surface area contributed by atoms with Crippen molar-refractivity contribution in [3.63, 3.8) is 0 Å². The smallest absolute Gasteiger partial charge is 0.309 e. The number of carbonyl (C=O) groups is 1. The Morgan fingerprint density at radius 3 is 2.33 bits per heavy atom. The van der Waals surface area contributed by atoms with Crippen LogP contribution >= 0.6 is 0 Å². The lowest BCUT2D eigenvalue weighted by molar-refractivity contribution is -0.174. The van der Waals surface area contributed by atoms with Gasteiger partial charge < -0.3 is 14.2 Å². The van der Waals surface area contributed by atoms with E-state index in [-0.39, 0.29) is 36.3 Å². The van der Waals surface area contributed by atoms with Crippen molar-refractivity contribution in [3.05, 3.63) is 0 Å². The van der Waals surface area contributed by atoms with Gasteiger partial charge in [0.05, 0.1) is 24.7 Å². The molecule has 4 atom stereocenters. The van der Waals surface area contributed by atoms with Crippen LogP contribution in [0.25, 0.3) is 0 Å². The van der Waals surface area contributed by atoms with E-state index in [4.69, 9.17) is 14.2 Å². The minimum Gasteiger partial charge on any atom is -0.465 e. The van der Waals surface area contributed by atoms with Crippen LogP contribution in [0.5, 0.6) is 0 Å². The maximum Gasteiger partial charge on any atom is 0.309 e. The molecule has 2 aliphatic rings. The van der Waals surface area contributed by atoms with E-state index < -0.39 is 0 Å². The Morgan fingerprint density at radius 1 is 1.13 bits per heavy atom. The number of hydrogen-bond donors (Lipinski definition) is 0. The lowest BCUT2D eigenvalue weighted by atomic mass is 9.89. The molecule has 2 fully saturated rings. The van der Waals surface area contributed by atoms with E-state index in [1.165, 1.54) is 0 Å². The molecule has 2 rings (SSSR count). The van der Waals surface area contributed by atoms with Crippen LogP contribution in [0.3, 0.4) is 0 Å². The van der Waals surface area contributed by atoms with E-state index in [1.54, 1.807) is 0 Å². The molecular formula is C11H18O4. The number of rotatable bonds is 1. The van der Waals surface area contributed by atoms with Crippen LogP contribution in [0.4, 0.5) is 0 Å². The van der Waals surface area contributed by atoms with Crippen LogP contribution in [0.1, 0.15) is 27.2 Å². The predicted molar refractivity (Wildman–Crippen MR) is 53.1 cm³/mol. The quantitative estimate of drug-likeness (QED) is 0.618. The molecule has 4 nitrogen and oxygen atoms in total. The van der Waals surface area contributed by atoms with Crippen LogP contribution in [-0.2, 0) is 19.0 Å². The van der Waals surface area contributed by atoms with Crippen molar-refractivity contribution >= 4 is 5.97 Å². The Kier molecular flexibility index (Phi) is 2.98. The third-order valence-corrected chi connectivity index (χ3v) is 3.42. The van der Waals surface area contributed by atoms with Gasteiger partial charge in [0, 0.05) is 5.92 Å². The second-order valence-corrected chi connectivity index (χ2v) is 4.46. The number of cyclic esters (lactones) is 1. The third-order valence-electron chi connectivity index (χ3n) is 3.42. The zero-order valence-corrected chi connectivity index (χ0v) is 9.43. The van der Waals surface area contributed by atoms with E-state index >= 15 is 0 Å². The molecular weight excluding hydrogens is 196 g/mol. The zero-order chi connectivity index (χ0) is 11.0. The first-order chi connectivity index (χ1) is 7.09. The molecule has 0 unspecified atom stereocenters. The maximum atomic E-state index is 11.4. The number of esters is 1. The van der Waals surface area contributed by atoms with Gasteiger partial charge in [0.1, 0.15) is 0 Å². The highest BCUT2D eigenvalue weighted by Crippen LogP contribution is 2.33. The summed E-state index contributed by atoms with van der Waals surface area (Å²) in [5, 5.41) is 0. The first-order valence-corrected chi connectivity index (χ1v) is 5.57. The van der Waals surface area contributed by atoms with E-state index in [9.17, 15) is 4.79 Å². The molecule has 0 saturated carbocycles. The minimum atomic E-state index is -0.238. The van der Waals surface area contributed by atoms with E-state index in [2.05, 4.69) is 0 Å². The molecule has 4 heteroatoms. The van der Waals surface area contributed by atoms with Gasteiger partial charge in [-0.1, -0.05) is 6.92 Å². The first-order valence-electron chi connectivity index (χ1n) is 5.57. The third kappa shape index (κ3) is 2.01. The summed E-state index contributed by atoms with van der Waals surface area (Å²) in [6.07, 6.45) is 0.815. The summed E-state index contributed by atoms with van der Waals surface area (Å²) in [6, 6.07) is 0. The molecule has 0 radical (unpaired) electrons. The van der Waals surface area contributed by atoms with Gasteiger partial charge in [-0.3, -0.25) is 4.79 Å². The summed E-state index contributed by atoms with van der Waals surface area (Å²) in [4.78, 5) is 11.4. The number of hydrogen-bond acceptors (Lipinski definition) is 4. The number of carbonyl (C=O) groups excluding carboxylic acids is 1. The molecule has 0 aromatic carbocycles. The fourth-order valence-corrected chi connectivity index (χ4v) is 2.10. The van der Waals surface area contributed by atoms with Crippen molar-refractivity contribution in [1.82, 2.24) is 0 Å². The van der Waals surface area contributed by atoms with Crippen LogP contribution in [0, 0.1) is 11.8 Å². The second-order valence-electron chi connectivity index (χ2n) is 4.46. The molecule has 86 valence electrons. The van der Waals surface area contributed by atoms with Crippen LogP contribution < -0.4 is 0 Å². The summed E-state index contributed by atoms with van der Waals surface area (Å²) in [5.74, 6) is -0.120. The van der Waals surface area contributed by atoms with Crippen molar-refractivity contribution in [2.75, 3.05) is 6.61 Å². The number of ether oxygens (including phenoxy) is 3. The van der Waals surface area contributed by atoms with Crippen LogP contribution in [-0.4, -0.2) is 31.1 Å². The maximum absolute atomic E-state index is 11.4. The van der Waals surface area contributed by atoms with Gasteiger partial charge in [-0.2, -0.15) is 0 Å². The largest absolute Gasteiger partial charge is 0.465 e. The van der Waals surface area contributed by atoms with E-state index in [0.29, 0.717) is 6.61 Å². The Hall–Kier alpha value is -0.610. The molecule has 15 heavy (non-hydrogen) atoms. The fourth-order valence-electron chi connectivity index (χ4n) is 2.10. The van der Waals surface area contributed by atoms with Crippen LogP contribution in [0.2, 0.25) is 0 Å². The molecule has 0 aromatic heterocycles. The lowest BCUT2D eigenvalue weighted by Gasteiger charge is -2.30. The van der Waals surface area contributed by atoms with Gasteiger partial charge in [0.15, 0.2) is 6.29 Å². The summed E-state index contributed by atoms with van der Waals surface area (Å²) < 4.78 is 16.4. The fraction of sp³-hybridized carbons (Fsp3) is 0.909. The van der Waals surface area contributed by atoms with Gasteiger partial charge in [-0.25, -0.2) is 0 Å². The average molecular weight is 214 g/mol. The summed E-state index contributed by atoms with van der Waals surface area (Å²) in [5.41, 5.74) is 0. The predicted octanol–water partition coefficient (Wildman–Crippen LogP) is 1.34. The summed E-state index contributed by atoms with van der Waals surface area (Å²) >= 11 is 0. The second kappa shape index (κ2) is 4.10. The zero-order valence-electron chi connectivity index (χ0n) is 9.43. The molecule has 0 aliphatic carbocycles. The molecule has 0 amide bonds. The van der Waals surface area contributed by atoms with Crippen molar-refractivity contribution in [1.29, 1.82) is 0 Å².